The van der Waals surface area contributed by atoms with E-state index in [0.29, 0.717) is 6.04 Å². The molecule has 1 aromatic carbocycles. The Balaban J connectivity index is 1.86. The number of likely N-dealkylation sites (N-methyl/N-ethyl adjacent to an activating group) is 1. The van der Waals surface area contributed by atoms with Gasteiger partial charge in [-0.3, -0.25) is 4.90 Å². The topological polar surface area (TPSA) is 35.2 Å². The van der Waals surface area contributed by atoms with E-state index in [4.69, 9.17) is 4.98 Å². The molecule has 0 bridgehead atoms. The van der Waals surface area contributed by atoms with Gasteiger partial charge in [-0.25, -0.2) is 4.98 Å². The van der Waals surface area contributed by atoms with Crippen molar-refractivity contribution in [1.29, 1.82) is 0 Å². The van der Waals surface area contributed by atoms with Gasteiger partial charge in [0, 0.05) is 26.2 Å². The minimum absolute atomic E-state index is 0.358. The molecule has 20 heavy (non-hydrogen) atoms. The van der Waals surface area contributed by atoms with Crippen molar-refractivity contribution < 1.29 is 0 Å². The van der Waals surface area contributed by atoms with Gasteiger partial charge in [-0.15, -0.1) is 0 Å². The van der Waals surface area contributed by atoms with Gasteiger partial charge in [-0.2, -0.15) is 0 Å². The predicted octanol–water partition coefficient (Wildman–Crippen LogP) is 2.49. The maximum absolute atomic E-state index is 4.80. The summed E-state index contributed by atoms with van der Waals surface area (Å²) in [5.41, 5.74) is 4.87. The Labute approximate surface area is 120 Å². The third-order valence-electron chi connectivity index (χ3n) is 4.60. The summed E-state index contributed by atoms with van der Waals surface area (Å²) in [6, 6.07) is 4.75. The van der Waals surface area contributed by atoms with Crippen LogP contribution in [0, 0.1) is 13.8 Å². The normalized spacial score (nSPS) is 19.6. The molecule has 0 spiro atoms. The predicted molar refractivity (Wildman–Crippen MR) is 83.1 cm³/mol. The van der Waals surface area contributed by atoms with Crippen LogP contribution in [0.15, 0.2) is 12.1 Å². The summed E-state index contributed by atoms with van der Waals surface area (Å²) in [5.74, 6) is 1.09. The molecule has 1 aliphatic rings. The Morgan fingerprint density at radius 3 is 2.45 bits per heavy atom. The van der Waals surface area contributed by atoms with Gasteiger partial charge in [0.25, 0.3) is 0 Å². The van der Waals surface area contributed by atoms with Crippen molar-refractivity contribution in [2.24, 2.45) is 0 Å². The number of aromatic nitrogens is 2. The van der Waals surface area contributed by atoms with Gasteiger partial charge in [0.1, 0.15) is 5.82 Å². The number of imidazole rings is 1. The van der Waals surface area contributed by atoms with Crippen LogP contribution in [0.2, 0.25) is 0 Å². The zero-order valence-corrected chi connectivity index (χ0v) is 12.9. The number of hydrogen-bond donors (Lipinski definition) is 1. The quantitative estimate of drug-likeness (QED) is 0.912. The highest BCUT2D eigenvalue weighted by Crippen LogP contribution is 2.23. The molecule has 3 rings (SSSR count). The van der Waals surface area contributed by atoms with Crippen LogP contribution in [0.5, 0.6) is 0 Å². The Bertz CT molecular complexity index is 569. The van der Waals surface area contributed by atoms with Gasteiger partial charge >= 0.3 is 0 Å². The van der Waals surface area contributed by atoms with E-state index in [9.17, 15) is 0 Å². The summed E-state index contributed by atoms with van der Waals surface area (Å²) in [5, 5.41) is 0. The van der Waals surface area contributed by atoms with E-state index in [1.807, 2.05) is 0 Å². The molecule has 1 atom stereocenters. The maximum atomic E-state index is 4.80. The molecule has 0 amide bonds. The Hall–Kier alpha value is -1.39. The number of nitrogens with one attached hydrogen (secondary N) is 1. The molecule has 0 radical (unpaired) electrons. The smallest absolute Gasteiger partial charge is 0.124 e. The first-order valence-electron chi connectivity index (χ1n) is 7.44. The molecule has 4 nitrogen and oxygen atoms in total. The first-order valence-corrected chi connectivity index (χ1v) is 7.44. The lowest BCUT2D eigenvalue weighted by atomic mass is 10.1. The van der Waals surface area contributed by atoms with E-state index >= 15 is 0 Å². The molecule has 2 heterocycles. The molecular formula is C16H24N4. The van der Waals surface area contributed by atoms with Gasteiger partial charge in [-0.1, -0.05) is 0 Å². The van der Waals surface area contributed by atoms with Crippen LogP contribution < -0.4 is 0 Å². The molecule has 1 aromatic heterocycles. The number of benzene rings is 1. The number of aryl methyl sites for hydroxylation is 2. The third-order valence-corrected chi connectivity index (χ3v) is 4.60. The highest BCUT2D eigenvalue weighted by atomic mass is 15.3. The van der Waals surface area contributed by atoms with E-state index in [-0.39, 0.29) is 0 Å². The monoisotopic (exact) mass is 272 g/mol. The summed E-state index contributed by atoms with van der Waals surface area (Å²) >= 11 is 0. The summed E-state index contributed by atoms with van der Waals surface area (Å²) in [6.45, 7) is 11.1. The largest absolute Gasteiger partial charge is 0.341 e. The lowest BCUT2D eigenvalue weighted by Crippen LogP contribution is -2.45. The molecule has 108 valence electrons. The van der Waals surface area contributed by atoms with Crippen molar-refractivity contribution in [2.45, 2.75) is 26.8 Å². The van der Waals surface area contributed by atoms with Crippen LogP contribution in [-0.4, -0.2) is 53.0 Å². The van der Waals surface area contributed by atoms with Crippen molar-refractivity contribution in [1.82, 2.24) is 19.8 Å². The molecule has 0 aliphatic carbocycles. The first kappa shape index (κ1) is 13.6. The second kappa shape index (κ2) is 5.19. The fraction of sp³-hybridized carbons (Fsp3) is 0.562. The van der Waals surface area contributed by atoms with Gasteiger partial charge in [-0.05, 0) is 51.1 Å². The van der Waals surface area contributed by atoms with Gasteiger partial charge in [0.2, 0.25) is 0 Å². The van der Waals surface area contributed by atoms with E-state index in [1.54, 1.807) is 0 Å². The summed E-state index contributed by atoms with van der Waals surface area (Å²) in [7, 11) is 2.19. The van der Waals surface area contributed by atoms with Crippen molar-refractivity contribution in [3.8, 4) is 0 Å². The van der Waals surface area contributed by atoms with Crippen molar-refractivity contribution in [3.05, 3.63) is 29.1 Å². The number of hydrogen-bond acceptors (Lipinski definition) is 3. The third kappa shape index (κ3) is 2.45. The highest BCUT2D eigenvalue weighted by molar-refractivity contribution is 5.77. The van der Waals surface area contributed by atoms with Gasteiger partial charge < -0.3 is 9.88 Å². The second-order valence-corrected chi connectivity index (χ2v) is 6.09. The van der Waals surface area contributed by atoms with Crippen molar-refractivity contribution >= 4 is 11.0 Å². The lowest BCUT2D eigenvalue weighted by Gasteiger charge is -2.35. The van der Waals surface area contributed by atoms with Crippen molar-refractivity contribution in [3.63, 3.8) is 0 Å². The molecule has 1 fully saturated rings. The van der Waals surface area contributed by atoms with Crippen LogP contribution in [-0.2, 0) is 0 Å². The van der Waals surface area contributed by atoms with Crippen LogP contribution in [0.3, 0.4) is 0 Å². The van der Waals surface area contributed by atoms with Gasteiger partial charge in [0.15, 0.2) is 0 Å². The zero-order valence-electron chi connectivity index (χ0n) is 12.9. The molecule has 1 saturated heterocycles. The summed E-state index contributed by atoms with van der Waals surface area (Å²) in [6.07, 6.45) is 0. The van der Waals surface area contributed by atoms with Crippen LogP contribution >= 0.6 is 0 Å². The van der Waals surface area contributed by atoms with Gasteiger partial charge in [0.05, 0.1) is 17.1 Å². The van der Waals surface area contributed by atoms with E-state index in [1.165, 1.54) is 11.1 Å². The number of rotatable bonds is 2. The number of fused-ring (bicyclic) bond motifs is 1. The molecule has 2 aromatic rings. The average molecular weight is 272 g/mol. The fourth-order valence-corrected chi connectivity index (χ4v) is 2.87. The summed E-state index contributed by atoms with van der Waals surface area (Å²) in [4.78, 5) is 13.2. The van der Waals surface area contributed by atoms with E-state index in [2.05, 4.69) is 54.7 Å². The lowest BCUT2D eigenvalue weighted by molar-refractivity contribution is 0.116. The van der Waals surface area contributed by atoms with Crippen molar-refractivity contribution in [2.75, 3.05) is 33.2 Å². The number of piperazine rings is 1. The maximum Gasteiger partial charge on any atom is 0.124 e. The summed E-state index contributed by atoms with van der Waals surface area (Å²) < 4.78 is 0. The SMILES string of the molecule is Cc1cc2nc(C(C)N3CCN(C)CC3)[nH]c2cc1C. The minimum Gasteiger partial charge on any atom is -0.341 e. The zero-order chi connectivity index (χ0) is 14.3. The average Bonchev–Trinajstić information content (AvgIpc) is 2.82. The van der Waals surface area contributed by atoms with Crippen LogP contribution in [0.4, 0.5) is 0 Å². The van der Waals surface area contributed by atoms with Crippen LogP contribution in [0.1, 0.15) is 29.9 Å². The van der Waals surface area contributed by atoms with Crippen LogP contribution in [0.25, 0.3) is 11.0 Å². The minimum atomic E-state index is 0.358. The Morgan fingerprint density at radius 2 is 1.75 bits per heavy atom. The number of H-pyrrole nitrogens is 1. The molecule has 1 unspecified atom stereocenters. The second-order valence-electron chi connectivity index (χ2n) is 6.09. The van der Waals surface area contributed by atoms with E-state index < -0.39 is 0 Å². The fourth-order valence-electron chi connectivity index (χ4n) is 2.87. The van der Waals surface area contributed by atoms with E-state index in [0.717, 1.165) is 43.0 Å². The number of aromatic amines is 1. The molecule has 1 N–H and O–H groups in total. The molecule has 0 saturated carbocycles. The molecule has 4 heteroatoms. The standard InChI is InChI=1S/C16H24N4/c1-11-9-14-15(10-12(11)2)18-16(17-14)13(3)20-7-5-19(4)6-8-20/h9-10,13H,5-8H2,1-4H3,(H,17,18). The molecular weight excluding hydrogens is 248 g/mol. The highest BCUT2D eigenvalue weighted by Gasteiger charge is 2.22. The number of nitrogens with zero attached hydrogens (tertiary/aromatic N) is 3. The Morgan fingerprint density at radius 1 is 1.10 bits per heavy atom. The Kier molecular flexibility index (Phi) is 3.52. The first-order chi connectivity index (χ1) is 9.54. The molecule has 1 aliphatic heterocycles.